The Hall–Kier alpha value is -2.08. The molecule has 21 heavy (non-hydrogen) atoms. The number of hydrogen-bond donors (Lipinski definition) is 0. The average molecular weight is 303 g/mol. The molecular weight excluding hydrogens is 289 g/mol. The Balaban J connectivity index is 1.77. The number of rotatable bonds is 4. The number of halogens is 1. The van der Waals surface area contributed by atoms with Crippen LogP contribution in [-0.4, -0.2) is 14.8 Å². The molecule has 4 nitrogen and oxygen atoms in total. The van der Waals surface area contributed by atoms with Gasteiger partial charge in [0.2, 0.25) is 0 Å². The molecule has 108 valence electrons. The summed E-state index contributed by atoms with van der Waals surface area (Å²) in [6, 6.07) is 8.37. The number of hydrogen-bond acceptors (Lipinski definition) is 4. The molecule has 0 atom stereocenters. The quantitative estimate of drug-likeness (QED) is 0.687. The Morgan fingerprint density at radius 3 is 2.62 bits per heavy atom. The molecule has 0 aliphatic rings. The first-order chi connectivity index (χ1) is 10.1. The van der Waals surface area contributed by atoms with Crippen molar-refractivity contribution < 1.29 is 8.81 Å². The van der Waals surface area contributed by atoms with Crippen molar-refractivity contribution in [1.82, 2.24) is 14.8 Å². The number of nitrogens with zero attached hydrogens (tertiary/aromatic N) is 3. The van der Waals surface area contributed by atoms with Gasteiger partial charge in [0.1, 0.15) is 11.6 Å². The van der Waals surface area contributed by atoms with E-state index in [-0.39, 0.29) is 5.82 Å². The van der Waals surface area contributed by atoms with Crippen LogP contribution in [0.5, 0.6) is 0 Å². The maximum absolute atomic E-state index is 12.9. The number of thioether (sulfide) groups is 1. The van der Waals surface area contributed by atoms with Crippen molar-refractivity contribution in [3.8, 4) is 11.4 Å². The molecule has 0 aliphatic heterocycles. The van der Waals surface area contributed by atoms with Gasteiger partial charge in [0.05, 0.1) is 11.8 Å². The van der Waals surface area contributed by atoms with Gasteiger partial charge in [-0.3, -0.25) is 0 Å². The van der Waals surface area contributed by atoms with Crippen LogP contribution in [0.4, 0.5) is 4.39 Å². The molecule has 0 radical (unpaired) electrons. The summed E-state index contributed by atoms with van der Waals surface area (Å²) in [5.41, 5.74) is 1.99. The minimum Gasteiger partial charge on any atom is -0.469 e. The van der Waals surface area contributed by atoms with E-state index in [0.717, 1.165) is 33.6 Å². The van der Waals surface area contributed by atoms with Gasteiger partial charge in [-0.15, -0.1) is 10.2 Å². The van der Waals surface area contributed by atoms with Gasteiger partial charge in [-0.2, -0.15) is 0 Å². The van der Waals surface area contributed by atoms with Crippen LogP contribution in [0.3, 0.4) is 0 Å². The lowest BCUT2D eigenvalue weighted by atomic mass is 10.2. The van der Waals surface area contributed by atoms with E-state index in [1.54, 1.807) is 30.2 Å². The van der Waals surface area contributed by atoms with E-state index < -0.39 is 0 Å². The zero-order chi connectivity index (χ0) is 14.8. The zero-order valence-corrected chi connectivity index (χ0v) is 12.5. The Bertz CT molecular complexity index is 749. The van der Waals surface area contributed by atoms with Gasteiger partial charge >= 0.3 is 0 Å². The largest absolute Gasteiger partial charge is 0.469 e. The van der Waals surface area contributed by atoms with Crippen LogP contribution in [0.2, 0.25) is 0 Å². The van der Waals surface area contributed by atoms with E-state index in [9.17, 15) is 4.39 Å². The smallest absolute Gasteiger partial charge is 0.191 e. The van der Waals surface area contributed by atoms with Gasteiger partial charge in [0.25, 0.3) is 0 Å². The van der Waals surface area contributed by atoms with E-state index >= 15 is 0 Å². The van der Waals surface area contributed by atoms with Crippen molar-refractivity contribution in [2.75, 3.05) is 0 Å². The third kappa shape index (κ3) is 2.85. The van der Waals surface area contributed by atoms with E-state index in [0.29, 0.717) is 0 Å². The summed E-state index contributed by atoms with van der Waals surface area (Å²) in [7, 11) is 1.93. The molecule has 0 amide bonds. The van der Waals surface area contributed by atoms with Gasteiger partial charge in [-0.1, -0.05) is 23.9 Å². The number of benzene rings is 1. The van der Waals surface area contributed by atoms with Crippen molar-refractivity contribution in [2.24, 2.45) is 7.05 Å². The fourth-order valence-electron chi connectivity index (χ4n) is 2.02. The van der Waals surface area contributed by atoms with Gasteiger partial charge in [0.15, 0.2) is 11.0 Å². The summed E-state index contributed by atoms with van der Waals surface area (Å²) in [4.78, 5) is 0. The van der Waals surface area contributed by atoms with Crippen molar-refractivity contribution >= 4 is 11.8 Å². The first-order valence-electron chi connectivity index (χ1n) is 6.46. The molecule has 2 heterocycles. The third-order valence-electron chi connectivity index (χ3n) is 3.22. The van der Waals surface area contributed by atoms with Crippen molar-refractivity contribution in [3.63, 3.8) is 0 Å². The Morgan fingerprint density at radius 2 is 1.95 bits per heavy atom. The van der Waals surface area contributed by atoms with Crippen molar-refractivity contribution in [2.45, 2.75) is 17.8 Å². The summed E-state index contributed by atoms with van der Waals surface area (Å²) in [5.74, 6) is 2.10. The highest BCUT2D eigenvalue weighted by Crippen LogP contribution is 2.27. The highest BCUT2D eigenvalue weighted by Gasteiger charge is 2.14. The lowest BCUT2D eigenvalue weighted by Crippen LogP contribution is -1.95. The summed E-state index contributed by atoms with van der Waals surface area (Å²) in [5, 5.41) is 9.24. The number of furan rings is 1. The molecule has 1 aromatic carbocycles. The number of aryl methyl sites for hydroxylation is 1. The van der Waals surface area contributed by atoms with Gasteiger partial charge in [0, 0.05) is 12.8 Å². The van der Waals surface area contributed by atoms with Crippen LogP contribution in [0.15, 0.2) is 46.2 Å². The molecule has 0 saturated heterocycles. The monoisotopic (exact) mass is 303 g/mol. The lowest BCUT2D eigenvalue weighted by molar-refractivity contribution is 0.534. The first-order valence-corrected chi connectivity index (χ1v) is 7.45. The molecular formula is C15H14FN3OS. The SMILES string of the molecule is Cc1occc1-c1nnc(SCc2ccc(F)cc2)n1C. The molecule has 3 rings (SSSR count). The zero-order valence-electron chi connectivity index (χ0n) is 11.7. The second-order valence-electron chi connectivity index (χ2n) is 4.67. The molecule has 3 aromatic rings. The highest BCUT2D eigenvalue weighted by molar-refractivity contribution is 7.98. The minimum atomic E-state index is -0.222. The summed E-state index contributed by atoms with van der Waals surface area (Å²) in [6.07, 6.45) is 1.64. The van der Waals surface area contributed by atoms with E-state index in [1.807, 2.05) is 24.6 Å². The summed E-state index contributed by atoms with van der Waals surface area (Å²) in [6.45, 7) is 1.90. The summed E-state index contributed by atoms with van der Waals surface area (Å²) < 4.78 is 20.1. The molecule has 0 unspecified atom stereocenters. The fraction of sp³-hybridized carbons (Fsp3) is 0.200. The second kappa shape index (κ2) is 5.73. The minimum absolute atomic E-state index is 0.222. The predicted octanol–water partition coefficient (Wildman–Crippen LogP) is 3.81. The standard InChI is InChI=1S/C15H14FN3OS/c1-10-13(7-8-20-10)14-17-18-15(19(14)2)21-9-11-3-5-12(16)6-4-11/h3-8H,9H2,1-2H3. The van der Waals surface area contributed by atoms with Crippen LogP contribution < -0.4 is 0 Å². The molecule has 0 fully saturated rings. The van der Waals surface area contributed by atoms with Gasteiger partial charge in [-0.05, 0) is 30.7 Å². The van der Waals surface area contributed by atoms with Crippen molar-refractivity contribution in [1.29, 1.82) is 0 Å². The first kappa shape index (κ1) is 13.9. The molecule has 0 bridgehead atoms. The van der Waals surface area contributed by atoms with Crippen LogP contribution in [0.25, 0.3) is 11.4 Å². The maximum Gasteiger partial charge on any atom is 0.191 e. The van der Waals surface area contributed by atoms with Crippen LogP contribution in [-0.2, 0) is 12.8 Å². The molecule has 0 spiro atoms. The highest BCUT2D eigenvalue weighted by atomic mass is 32.2. The van der Waals surface area contributed by atoms with E-state index in [4.69, 9.17) is 4.42 Å². The van der Waals surface area contributed by atoms with Gasteiger partial charge < -0.3 is 8.98 Å². The third-order valence-corrected chi connectivity index (χ3v) is 4.31. The Morgan fingerprint density at radius 1 is 1.19 bits per heavy atom. The predicted molar refractivity (Wildman–Crippen MR) is 79.4 cm³/mol. The average Bonchev–Trinajstić information content (AvgIpc) is 3.04. The van der Waals surface area contributed by atoms with Crippen LogP contribution >= 0.6 is 11.8 Å². The lowest BCUT2D eigenvalue weighted by Gasteiger charge is -2.03. The summed E-state index contributed by atoms with van der Waals surface area (Å²) >= 11 is 1.57. The van der Waals surface area contributed by atoms with E-state index in [1.165, 1.54) is 12.1 Å². The van der Waals surface area contributed by atoms with Gasteiger partial charge in [-0.25, -0.2) is 4.39 Å². The number of aromatic nitrogens is 3. The molecule has 2 aromatic heterocycles. The normalized spacial score (nSPS) is 11.0. The Labute approximate surface area is 126 Å². The van der Waals surface area contributed by atoms with Crippen LogP contribution in [0, 0.1) is 12.7 Å². The molecule has 6 heteroatoms. The fourth-order valence-corrected chi connectivity index (χ4v) is 2.89. The second-order valence-corrected chi connectivity index (χ2v) is 5.61. The Kier molecular flexibility index (Phi) is 3.79. The molecule has 0 saturated carbocycles. The van der Waals surface area contributed by atoms with E-state index in [2.05, 4.69) is 10.2 Å². The van der Waals surface area contributed by atoms with Crippen molar-refractivity contribution in [3.05, 3.63) is 53.7 Å². The molecule has 0 N–H and O–H groups in total. The maximum atomic E-state index is 12.9. The molecule has 0 aliphatic carbocycles. The topological polar surface area (TPSA) is 43.9 Å². The van der Waals surface area contributed by atoms with Crippen LogP contribution in [0.1, 0.15) is 11.3 Å².